The Bertz CT molecular complexity index is 2950. The zero-order chi connectivity index (χ0) is 47.6. The molecule has 1 aliphatic carbocycles. The summed E-state index contributed by atoms with van der Waals surface area (Å²) in [4.78, 5) is 4.17. The van der Waals surface area contributed by atoms with Crippen LogP contribution < -0.4 is 9.80 Å². The lowest BCUT2D eigenvalue weighted by Gasteiger charge is -2.47. The Morgan fingerprint density at radius 3 is 0.686 bits per heavy atom. The molecule has 0 radical (unpaired) electrons. The molecule has 10 aromatic carbocycles. The fourth-order valence-corrected chi connectivity index (χ4v) is 9.98. The molecule has 1 saturated carbocycles. The van der Waals surface area contributed by atoms with Crippen molar-refractivity contribution in [3.05, 3.63) is 266 Å². The molecule has 10 aromatic rings. The minimum atomic E-state index is -1.08. The van der Waals surface area contributed by atoms with E-state index in [0.29, 0.717) is 22.5 Å². The Kier molecular flexibility index (Phi) is 12.0. The van der Waals surface area contributed by atoms with Crippen molar-refractivity contribution in [2.75, 3.05) is 9.80 Å². The molecule has 0 unspecified atom stereocenters. The van der Waals surface area contributed by atoms with Crippen LogP contribution in [0.2, 0.25) is 0 Å². The molecule has 0 spiro atoms. The minimum Gasteiger partial charge on any atom is -0.508 e. The van der Waals surface area contributed by atoms with Crippen molar-refractivity contribution in [2.45, 2.75) is 24.0 Å². The van der Waals surface area contributed by atoms with Gasteiger partial charge in [0.25, 0.3) is 0 Å². The summed E-state index contributed by atoms with van der Waals surface area (Å²) in [5, 5.41) is 47.2. The Morgan fingerprint density at radius 2 is 0.457 bits per heavy atom. The fraction of sp³-hybridized carbons (Fsp3) is 0.0625. The number of aromatic hydroxyl groups is 2. The Hall–Kier alpha value is -8.68. The normalized spacial score (nSPS) is 16.3. The van der Waals surface area contributed by atoms with Crippen molar-refractivity contribution < 1.29 is 20.4 Å². The van der Waals surface area contributed by atoms with E-state index in [-0.39, 0.29) is 11.5 Å². The first-order valence-corrected chi connectivity index (χ1v) is 23.6. The summed E-state index contributed by atoms with van der Waals surface area (Å²) in [6.07, 6.45) is -2.16. The van der Waals surface area contributed by atoms with Crippen molar-refractivity contribution in [3.63, 3.8) is 0 Å². The van der Waals surface area contributed by atoms with Gasteiger partial charge in [-0.2, -0.15) is 0 Å². The number of phenols is 2. The summed E-state index contributed by atoms with van der Waals surface area (Å²) in [5.74, 6) is -1.66. The van der Waals surface area contributed by atoms with Gasteiger partial charge in [-0.3, -0.25) is 0 Å². The third kappa shape index (κ3) is 8.58. The van der Waals surface area contributed by atoms with Crippen LogP contribution in [0.15, 0.2) is 255 Å². The summed E-state index contributed by atoms with van der Waals surface area (Å²) in [5.41, 5.74) is 14.7. The number of anilines is 6. The van der Waals surface area contributed by atoms with E-state index in [9.17, 15) is 20.4 Å². The zero-order valence-corrected chi connectivity index (χ0v) is 38.2. The molecule has 1 aliphatic rings. The van der Waals surface area contributed by atoms with Crippen LogP contribution in [0.25, 0.3) is 44.5 Å². The van der Waals surface area contributed by atoms with E-state index >= 15 is 0 Å². The molecular formula is C64H50N2O4. The van der Waals surface area contributed by atoms with Gasteiger partial charge in [-0.15, -0.1) is 0 Å². The number of nitrogens with zero attached hydrogens (tertiary/aromatic N) is 2. The highest BCUT2D eigenvalue weighted by Crippen LogP contribution is 2.53. The second kappa shape index (κ2) is 19.1. The minimum absolute atomic E-state index is 0.0439. The molecule has 6 nitrogen and oxygen atoms in total. The summed E-state index contributed by atoms with van der Waals surface area (Å²) in [6.45, 7) is 0. The van der Waals surface area contributed by atoms with Crippen LogP contribution in [-0.2, 0) is 0 Å². The standard InChI is InChI=1S/C64H50N2O4/c67-59-41-55(65(51-29-21-47(22-30-51)43-13-5-1-6-14-43)52-31-23-48(24-32-52)44-15-7-2-8-16-44)37-39-57(59)61-63(69)62(64(61)70)58-40-38-56(42-60(58)68)66(53-33-25-49(26-34-53)45-17-9-3-10-18-45)54-35-27-50(28-36-54)46-19-11-4-12-20-46/h1-42,61-64,67-70H. The average Bonchev–Trinajstić information content (AvgIpc) is 3.42. The molecule has 0 saturated heterocycles. The largest absolute Gasteiger partial charge is 0.508 e. The molecule has 340 valence electrons. The molecule has 0 atom stereocenters. The maximum atomic E-state index is 11.8. The molecule has 0 aromatic heterocycles. The maximum Gasteiger partial charge on any atom is 0.121 e. The van der Waals surface area contributed by atoms with Crippen LogP contribution in [0.5, 0.6) is 11.5 Å². The quantitative estimate of drug-likeness (QED) is 0.0977. The van der Waals surface area contributed by atoms with Crippen LogP contribution in [0, 0.1) is 0 Å². The number of benzene rings is 10. The topological polar surface area (TPSA) is 87.4 Å². The van der Waals surface area contributed by atoms with Gasteiger partial charge in [-0.25, -0.2) is 0 Å². The smallest absolute Gasteiger partial charge is 0.121 e. The molecule has 0 heterocycles. The zero-order valence-electron chi connectivity index (χ0n) is 38.2. The second-order valence-corrected chi connectivity index (χ2v) is 17.8. The molecule has 6 heteroatoms. The summed E-state index contributed by atoms with van der Waals surface area (Å²) in [6, 6.07) is 85.1. The van der Waals surface area contributed by atoms with Crippen molar-refractivity contribution >= 4 is 34.1 Å². The lowest BCUT2D eigenvalue weighted by atomic mass is 9.63. The summed E-state index contributed by atoms with van der Waals surface area (Å²) < 4.78 is 0. The number of rotatable bonds is 12. The van der Waals surface area contributed by atoms with E-state index in [4.69, 9.17) is 0 Å². The van der Waals surface area contributed by atoms with Gasteiger partial charge in [0, 0.05) is 69.2 Å². The predicted octanol–water partition coefficient (Wildman–Crippen LogP) is 15.3. The van der Waals surface area contributed by atoms with Crippen LogP contribution in [0.4, 0.5) is 34.1 Å². The molecule has 0 bridgehead atoms. The number of hydrogen-bond donors (Lipinski definition) is 4. The molecule has 11 rings (SSSR count). The van der Waals surface area contributed by atoms with Crippen molar-refractivity contribution in [2.24, 2.45) is 0 Å². The first kappa shape index (κ1) is 43.9. The van der Waals surface area contributed by atoms with E-state index in [1.54, 1.807) is 24.3 Å². The van der Waals surface area contributed by atoms with Crippen molar-refractivity contribution in [1.82, 2.24) is 0 Å². The molecular weight excluding hydrogens is 861 g/mol. The van der Waals surface area contributed by atoms with Gasteiger partial charge in [0.2, 0.25) is 0 Å². The number of aliphatic hydroxyl groups excluding tert-OH is 2. The highest BCUT2D eigenvalue weighted by molar-refractivity contribution is 5.82. The van der Waals surface area contributed by atoms with E-state index in [1.165, 1.54) is 0 Å². The van der Waals surface area contributed by atoms with Gasteiger partial charge >= 0.3 is 0 Å². The van der Waals surface area contributed by atoms with Crippen LogP contribution >= 0.6 is 0 Å². The highest BCUT2D eigenvalue weighted by atomic mass is 16.3. The van der Waals surface area contributed by atoms with Gasteiger partial charge in [0.05, 0.1) is 12.2 Å². The van der Waals surface area contributed by atoms with Gasteiger partial charge in [-0.05, 0) is 105 Å². The second-order valence-electron chi connectivity index (χ2n) is 17.8. The van der Waals surface area contributed by atoms with Gasteiger partial charge < -0.3 is 30.2 Å². The molecule has 4 N–H and O–H groups in total. The van der Waals surface area contributed by atoms with Crippen LogP contribution in [0.1, 0.15) is 23.0 Å². The van der Waals surface area contributed by atoms with Gasteiger partial charge in [0.15, 0.2) is 0 Å². The van der Waals surface area contributed by atoms with Gasteiger partial charge in [0.1, 0.15) is 11.5 Å². The summed E-state index contributed by atoms with van der Waals surface area (Å²) in [7, 11) is 0. The predicted molar refractivity (Wildman–Crippen MR) is 285 cm³/mol. The van der Waals surface area contributed by atoms with Crippen LogP contribution in [-0.4, -0.2) is 32.6 Å². The van der Waals surface area contributed by atoms with E-state index in [0.717, 1.165) is 67.3 Å². The average molecular weight is 911 g/mol. The van der Waals surface area contributed by atoms with E-state index in [2.05, 4.69) is 155 Å². The SMILES string of the molecule is Oc1cc(N(c2ccc(-c3ccccc3)cc2)c2ccc(-c3ccccc3)cc2)ccc1C1C(O)C(c2ccc(N(c3ccc(-c4ccccc4)cc3)c3ccc(-c4ccccc4)cc3)cc2O)C1O. The lowest BCUT2D eigenvalue weighted by Crippen LogP contribution is -2.51. The third-order valence-corrected chi connectivity index (χ3v) is 13.7. The van der Waals surface area contributed by atoms with Gasteiger partial charge in [-0.1, -0.05) is 182 Å². The molecule has 0 aliphatic heterocycles. The third-order valence-electron chi connectivity index (χ3n) is 13.7. The number of hydrogen-bond acceptors (Lipinski definition) is 6. The van der Waals surface area contributed by atoms with Crippen LogP contribution in [0.3, 0.4) is 0 Å². The first-order chi connectivity index (χ1) is 34.4. The molecule has 1 fully saturated rings. The Labute approximate surface area is 408 Å². The van der Waals surface area contributed by atoms with Crippen molar-refractivity contribution in [3.8, 4) is 56.0 Å². The summed E-state index contributed by atoms with van der Waals surface area (Å²) >= 11 is 0. The van der Waals surface area contributed by atoms with E-state index < -0.39 is 24.0 Å². The first-order valence-electron chi connectivity index (χ1n) is 23.6. The van der Waals surface area contributed by atoms with Crippen molar-refractivity contribution in [1.29, 1.82) is 0 Å². The highest BCUT2D eigenvalue weighted by Gasteiger charge is 2.52. The monoisotopic (exact) mass is 910 g/mol. The van der Waals surface area contributed by atoms with E-state index in [1.807, 2.05) is 84.9 Å². The Balaban J connectivity index is 0.875. The lowest BCUT2D eigenvalue weighted by molar-refractivity contribution is -0.0797. The fourth-order valence-electron chi connectivity index (χ4n) is 9.98. The number of aliphatic hydroxyl groups is 2. The maximum absolute atomic E-state index is 11.8. The molecule has 0 amide bonds. The number of phenolic OH excluding ortho intramolecular Hbond substituents is 2. The molecule has 70 heavy (non-hydrogen) atoms. The Morgan fingerprint density at radius 1 is 0.243 bits per heavy atom.